The highest BCUT2D eigenvalue weighted by molar-refractivity contribution is 9.10. The topological polar surface area (TPSA) is 34.9 Å². The Morgan fingerprint density at radius 2 is 1.52 bits per heavy atom. The molecule has 23 heavy (non-hydrogen) atoms. The zero-order valence-corrected chi connectivity index (χ0v) is 15.2. The molecule has 0 spiro atoms. The summed E-state index contributed by atoms with van der Waals surface area (Å²) in [7, 11) is 0. The van der Waals surface area contributed by atoms with E-state index in [2.05, 4.69) is 37.0 Å². The Labute approximate surface area is 150 Å². The molecule has 0 bridgehead atoms. The van der Waals surface area contributed by atoms with Gasteiger partial charge in [-0.3, -0.25) is 4.79 Å². The quantitative estimate of drug-likeness (QED) is 0.422. The molecule has 3 rings (SSSR count). The molecule has 0 N–H and O–H groups in total. The second-order valence-electron chi connectivity index (χ2n) is 4.85. The summed E-state index contributed by atoms with van der Waals surface area (Å²) in [6, 6.07) is 17.7. The van der Waals surface area contributed by atoms with Crippen LogP contribution in [0.4, 0.5) is 0 Å². The summed E-state index contributed by atoms with van der Waals surface area (Å²) in [5, 5.41) is 4.59. The molecule has 3 aromatic rings. The van der Waals surface area contributed by atoms with Gasteiger partial charge in [-0.05, 0) is 30.3 Å². The van der Waals surface area contributed by atoms with Gasteiger partial charge in [-0.15, -0.1) is 0 Å². The van der Waals surface area contributed by atoms with Crippen molar-refractivity contribution in [3.63, 3.8) is 0 Å². The fourth-order valence-electron chi connectivity index (χ4n) is 2.22. The van der Waals surface area contributed by atoms with Gasteiger partial charge in [0.2, 0.25) is 0 Å². The average molecular weight is 432 g/mol. The van der Waals surface area contributed by atoms with Crippen molar-refractivity contribution in [3.8, 4) is 11.3 Å². The minimum Gasteiger partial charge on any atom is -0.298 e. The predicted molar refractivity (Wildman–Crippen MR) is 98.9 cm³/mol. The van der Waals surface area contributed by atoms with Crippen LogP contribution in [-0.4, -0.2) is 16.1 Å². The van der Waals surface area contributed by atoms with Gasteiger partial charge in [0.25, 0.3) is 0 Å². The first-order valence-corrected chi connectivity index (χ1v) is 8.49. The number of allylic oxidation sites excluding steroid dienone is 1. The van der Waals surface area contributed by atoms with Crippen LogP contribution in [0.25, 0.3) is 17.0 Å². The van der Waals surface area contributed by atoms with Crippen LogP contribution in [0.3, 0.4) is 0 Å². The summed E-state index contributed by atoms with van der Waals surface area (Å²) in [6.07, 6.45) is 4.15. The number of carbonyl (C=O) groups is 1. The van der Waals surface area contributed by atoms with Crippen molar-refractivity contribution in [2.45, 2.75) is 0 Å². The molecule has 0 saturated heterocycles. The number of aromatic nitrogens is 2. The molecule has 0 aliphatic heterocycles. The molecular formula is C18H12Br2N2O. The SMILES string of the molecule is O=CC=C(c1ccc(Br)cc1)n1ccc(-c2ccc(Br)cc2)n1. The summed E-state index contributed by atoms with van der Waals surface area (Å²) in [5.74, 6) is 0. The molecule has 1 aromatic heterocycles. The van der Waals surface area contributed by atoms with Gasteiger partial charge < -0.3 is 0 Å². The van der Waals surface area contributed by atoms with Gasteiger partial charge in [0, 0.05) is 32.3 Å². The van der Waals surface area contributed by atoms with E-state index < -0.39 is 0 Å². The van der Waals surface area contributed by atoms with Crippen molar-refractivity contribution < 1.29 is 4.79 Å². The molecule has 0 radical (unpaired) electrons. The van der Waals surface area contributed by atoms with Gasteiger partial charge in [0.15, 0.2) is 0 Å². The van der Waals surface area contributed by atoms with Crippen LogP contribution in [-0.2, 0) is 4.79 Å². The fourth-order valence-corrected chi connectivity index (χ4v) is 2.75. The number of benzene rings is 2. The number of hydrogen-bond acceptors (Lipinski definition) is 2. The second-order valence-corrected chi connectivity index (χ2v) is 6.68. The highest BCUT2D eigenvalue weighted by Crippen LogP contribution is 2.23. The van der Waals surface area contributed by atoms with Crippen molar-refractivity contribution in [3.05, 3.63) is 81.4 Å². The maximum absolute atomic E-state index is 11.0. The lowest BCUT2D eigenvalue weighted by Gasteiger charge is -2.07. The standard InChI is InChI=1S/C18H12Br2N2O/c19-15-5-1-13(2-6-15)17-9-11-22(21-17)18(10-12-23)14-3-7-16(20)8-4-14/h1-12H. The number of nitrogens with zero attached hydrogens (tertiary/aromatic N) is 2. The molecule has 0 atom stereocenters. The Hall–Kier alpha value is -1.98. The Bertz CT molecular complexity index is 849. The third-order valence-corrected chi connectivity index (χ3v) is 4.40. The summed E-state index contributed by atoms with van der Waals surface area (Å²) < 4.78 is 3.73. The van der Waals surface area contributed by atoms with Crippen LogP contribution in [0.1, 0.15) is 5.56 Å². The van der Waals surface area contributed by atoms with E-state index in [1.807, 2.05) is 60.8 Å². The molecule has 1 heterocycles. The summed E-state index contributed by atoms with van der Waals surface area (Å²) in [4.78, 5) is 11.0. The van der Waals surface area contributed by atoms with Gasteiger partial charge in [0.05, 0.1) is 11.4 Å². The van der Waals surface area contributed by atoms with E-state index in [0.29, 0.717) is 0 Å². The molecule has 0 saturated carbocycles. The van der Waals surface area contributed by atoms with E-state index in [-0.39, 0.29) is 0 Å². The van der Waals surface area contributed by atoms with Gasteiger partial charge in [-0.2, -0.15) is 5.10 Å². The minimum absolute atomic E-state index is 0.732. The van der Waals surface area contributed by atoms with E-state index in [0.717, 1.165) is 37.7 Å². The predicted octanol–water partition coefficient (Wildman–Crippen LogP) is 5.16. The summed E-state index contributed by atoms with van der Waals surface area (Å²) >= 11 is 6.84. The molecule has 0 unspecified atom stereocenters. The number of aldehydes is 1. The molecule has 0 aliphatic rings. The Kier molecular flexibility index (Phi) is 4.88. The van der Waals surface area contributed by atoms with Crippen molar-refractivity contribution in [1.82, 2.24) is 9.78 Å². The van der Waals surface area contributed by atoms with Gasteiger partial charge in [-0.25, -0.2) is 4.68 Å². The second kappa shape index (κ2) is 7.06. The zero-order valence-electron chi connectivity index (χ0n) is 12.0. The van der Waals surface area contributed by atoms with E-state index in [4.69, 9.17) is 0 Å². The Morgan fingerprint density at radius 1 is 0.913 bits per heavy atom. The zero-order chi connectivity index (χ0) is 16.2. The number of carbonyl (C=O) groups excluding carboxylic acids is 1. The lowest BCUT2D eigenvalue weighted by Crippen LogP contribution is -2.00. The van der Waals surface area contributed by atoms with Gasteiger partial charge >= 0.3 is 0 Å². The molecule has 5 heteroatoms. The van der Waals surface area contributed by atoms with Crippen LogP contribution >= 0.6 is 31.9 Å². The van der Waals surface area contributed by atoms with Gasteiger partial charge in [-0.1, -0.05) is 56.1 Å². The minimum atomic E-state index is 0.732. The van der Waals surface area contributed by atoms with Crippen LogP contribution in [0, 0.1) is 0 Å². The molecule has 0 amide bonds. The third kappa shape index (κ3) is 3.68. The maximum atomic E-state index is 11.0. The van der Waals surface area contributed by atoms with E-state index in [1.54, 1.807) is 4.68 Å². The maximum Gasteiger partial charge on any atom is 0.145 e. The molecule has 2 aromatic carbocycles. The molecule has 0 fully saturated rings. The monoisotopic (exact) mass is 430 g/mol. The van der Waals surface area contributed by atoms with Crippen molar-refractivity contribution in [2.75, 3.05) is 0 Å². The molecular weight excluding hydrogens is 420 g/mol. The van der Waals surface area contributed by atoms with E-state index in [9.17, 15) is 4.79 Å². The largest absolute Gasteiger partial charge is 0.298 e. The number of hydrogen-bond donors (Lipinski definition) is 0. The first-order valence-electron chi connectivity index (χ1n) is 6.91. The summed E-state index contributed by atoms with van der Waals surface area (Å²) in [5.41, 5.74) is 3.53. The van der Waals surface area contributed by atoms with Crippen molar-refractivity contribution in [1.29, 1.82) is 0 Å². The average Bonchev–Trinajstić information content (AvgIpc) is 3.04. The van der Waals surface area contributed by atoms with Crippen LogP contribution in [0.15, 0.2) is 75.8 Å². The molecule has 0 aliphatic carbocycles. The Balaban J connectivity index is 1.99. The van der Waals surface area contributed by atoms with Crippen LogP contribution in [0.5, 0.6) is 0 Å². The third-order valence-electron chi connectivity index (χ3n) is 3.34. The first kappa shape index (κ1) is 15.9. The van der Waals surface area contributed by atoms with Crippen molar-refractivity contribution in [2.24, 2.45) is 0 Å². The first-order chi connectivity index (χ1) is 11.2. The summed E-state index contributed by atoms with van der Waals surface area (Å²) in [6.45, 7) is 0. The molecule has 114 valence electrons. The number of rotatable bonds is 4. The number of halogens is 2. The highest BCUT2D eigenvalue weighted by Gasteiger charge is 2.08. The Morgan fingerprint density at radius 3 is 2.13 bits per heavy atom. The molecule has 3 nitrogen and oxygen atoms in total. The van der Waals surface area contributed by atoms with Crippen molar-refractivity contribution >= 4 is 43.8 Å². The smallest absolute Gasteiger partial charge is 0.145 e. The highest BCUT2D eigenvalue weighted by atomic mass is 79.9. The van der Waals surface area contributed by atoms with E-state index in [1.165, 1.54) is 6.08 Å². The van der Waals surface area contributed by atoms with E-state index >= 15 is 0 Å². The lowest BCUT2D eigenvalue weighted by molar-refractivity contribution is -0.104. The normalized spacial score (nSPS) is 11.5. The van der Waals surface area contributed by atoms with Crippen LogP contribution in [0.2, 0.25) is 0 Å². The van der Waals surface area contributed by atoms with Gasteiger partial charge in [0.1, 0.15) is 6.29 Å². The fraction of sp³-hybridized carbons (Fsp3) is 0. The van der Waals surface area contributed by atoms with Crippen LogP contribution < -0.4 is 0 Å². The lowest BCUT2D eigenvalue weighted by atomic mass is 10.1.